The molecule has 2 aromatic rings. The Morgan fingerprint density at radius 1 is 1.09 bits per heavy atom. The first-order chi connectivity index (χ1) is 11.0. The molecule has 0 heterocycles. The Labute approximate surface area is 133 Å². The molecule has 0 saturated carbocycles. The Balaban J connectivity index is 1.94. The number of carbonyl (C=O) groups excluding carboxylic acids is 2. The lowest BCUT2D eigenvalue weighted by molar-refractivity contribution is -0.307. The van der Waals surface area contributed by atoms with E-state index in [0.717, 1.165) is 0 Å². The summed E-state index contributed by atoms with van der Waals surface area (Å²) >= 11 is 0. The fourth-order valence-corrected chi connectivity index (χ4v) is 1.81. The van der Waals surface area contributed by atoms with Crippen molar-refractivity contribution in [3.8, 4) is 11.5 Å². The van der Waals surface area contributed by atoms with Gasteiger partial charge in [0.15, 0.2) is 6.10 Å². The second-order valence-electron chi connectivity index (χ2n) is 4.75. The summed E-state index contributed by atoms with van der Waals surface area (Å²) < 4.78 is 10.5. The van der Waals surface area contributed by atoms with Gasteiger partial charge in [-0.3, -0.25) is 4.79 Å². The zero-order valence-corrected chi connectivity index (χ0v) is 12.5. The van der Waals surface area contributed by atoms with Crippen LogP contribution in [0.3, 0.4) is 0 Å². The molecule has 0 aromatic heterocycles. The minimum absolute atomic E-state index is 0.323. The molecule has 0 radical (unpaired) electrons. The summed E-state index contributed by atoms with van der Waals surface area (Å²) in [5.74, 6) is -0.722. The van der Waals surface area contributed by atoms with E-state index in [1.807, 2.05) is 18.2 Å². The van der Waals surface area contributed by atoms with E-state index in [9.17, 15) is 14.7 Å². The minimum atomic E-state index is -1.32. The number of hydrogen-bond acceptors (Lipinski definition) is 5. The molecule has 23 heavy (non-hydrogen) atoms. The van der Waals surface area contributed by atoms with Crippen molar-refractivity contribution in [1.29, 1.82) is 0 Å². The van der Waals surface area contributed by atoms with Crippen LogP contribution in [0, 0.1) is 0 Å². The Bertz CT molecular complexity index is 672. The first kappa shape index (κ1) is 16.4. The molecule has 0 aliphatic rings. The molecule has 0 fully saturated rings. The SMILES string of the molecule is C[C@@H](Oc1ccccc1)C(=O)Nc1cccc(OCC(=O)[O-])c1. The second-order valence-corrected chi connectivity index (χ2v) is 4.75. The molecule has 6 heteroatoms. The molecule has 1 N–H and O–H groups in total. The first-order valence-corrected chi connectivity index (χ1v) is 7.00. The monoisotopic (exact) mass is 314 g/mol. The molecule has 0 unspecified atom stereocenters. The van der Waals surface area contributed by atoms with Crippen molar-refractivity contribution in [3.05, 3.63) is 54.6 Å². The van der Waals surface area contributed by atoms with Gasteiger partial charge in [0.05, 0.1) is 5.97 Å². The lowest BCUT2D eigenvalue weighted by Crippen LogP contribution is -2.30. The van der Waals surface area contributed by atoms with Crippen molar-refractivity contribution in [1.82, 2.24) is 0 Å². The molecular formula is C17H16NO5-. The van der Waals surface area contributed by atoms with Crippen molar-refractivity contribution in [2.24, 2.45) is 0 Å². The molecule has 2 rings (SSSR count). The molecule has 120 valence electrons. The summed E-state index contributed by atoms with van der Waals surface area (Å²) in [5.41, 5.74) is 0.481. The van der Waals surface area contributed by atoms with E-state index < -0.39 is 18.7 Å². The number of para-hydroxylation sites is 1. The standard InChI is InChI=1S/C17H17NO5/c1-12(23-14-7-3-2-4-8-14)17(21)18-13-6-5-9-15(10-13)22-11-16(19)20/h2-10,12H,11H2,1H3,(H,18,21)(H,19,20)/p-1/t12-/m1/s1. The van der Waals surface area contributed by atoms with Crippen LogP contribution < -0.4 is 19.9 Å². The number of carbonyl (C=O) groups is 2. The van der Waals surface area contributed by atoms with Crippen LogP contribution in [0.5, 0.6) is 11.5 Å². The van der Waals surface area contributed by atoms with Gasteiger partial charge < -0.3 is 24.7 Å². The van der Waals surface area contributed by atoms with Crippen LogP contribution in [-0.2, 0) is 9.59 Å². The third-order valence-corrected chi connectivity index (χ3v) is 2.88. The van der Waals surface area contributed by atoms with Gasteiger partial charge in [-0.25, -0.2) is 0 Å². The van der Waals surface area contributed by atoms with Gasteiger partial charge in [0.1, 0.15) is 18.1 Å². The minimum Gasteiger partial charge on any atom is -0.546 e. The Kier molecular flexibility index (Phi) is 5.57. The van der Waals surface area contributed by atoms with Gasteiger partial charge in [-0.1, -0.05) is 24.3 Å². The van der Waals surface area contributed by atoms with E-state index in [-0.39, 0.29) is 5.91 Å². The smallest absolute Gasteiger partial charge is 0.265 e. The highest BCUT2D eigenvalue weighted by Crippen LogP contribution is 2.18. The average molecular weight is 314 g/mol. The predicted octanol–water partition coefficient (Wildman–Crippen LogP) is 1.22. The Morgan fingerprint density at radius 3 is 2.48 bits per heavy atom. The number of carboxylic acids is 1. The maximum absolute atomic E-state index is 12.1. The first-order valence-electron chi connectivity index (χ1n) is 7.00. The van der Waals surface area contributed by atoms with Crippen molar-refractivity contribution >= 4 is 17.6 Å². The number of aliphatic carboxylic acids is 1. The third-order valence-electron chi connectivity index (χ3n) is 2.88. The van der Waals surface area contributed by atoms with E-state index in [0.29, 0.717) is 17.2 Å². The van der Waals surface area contributed by atoms with E-state index in [1.165, 1.54) is 6.07 Å². The Morgan fingerprint density at radius 2 is 1.78 bits per heavy atom. The molecule has 6 nitrogen and oxygen atoms in total. The van der Waals surface area contributed by atoms with Gasteiger partial charge in [0.2, 0.25) is 0 Å². The summed E-state index contributed by atoms with van der Waals surface area (Å²) in [4.78, 5) is 22.5. The molecule has 1 atom stereocenters. The van der Waals surface area contributed by atoms with E-state index in [1.54, 1.807) is 37.3 Å². The van der Waals surface area contributed by atoms with E-state index in [2.05, 4.69) is 5.32 Å². The van der Waals surface area contributed by atoms with Crippen molar-refractivity contribution in [2.75, 3.05) is 11.9 Å². The molecule has 0 aliphatic carbocycles. The van der Waals surface area contributed by atoms with Gasteiger partial charge in [-0.05, 0) is 31.2 Å². The van der Waals surface area contributed by atoms with Crippen LogP contribution >= 0.6 is 0 Å². The summed E-state index contributed by atoms with van der Waals surface area (Å²) in [5, 5.41) is 13.1. The number of benzene rings is 2. The van der Waals surface area contributed by atoms with Gasteiger partial charge in [0, 0.05) is 11.8 Å². The molecule has 2 aromatic carbocycles. The summed E-state index contributed by atoms with van der Waals surface area (Å²) in [6.45, 7) is 1.09. The van der Waals surface area contributed by atoms with Crippen molar-refractivity contribution < 1.29 is 24.2 Å². The van der Waals surface area contributed by atoms with Crippen molar-refractivity contribution in [3.63, 3.8) is 0 Å². The second kappa shape index (κ2) is 7.84. The zero-order valence-electron chi connectivity index (χ0n) is 12.5. The summed E-state index contributed by atoms with van der Waals surface area (Å²) in [6.07, 6.45) is -0.690. The highest BCUT2D eigenvalue weighted by Gasteiger charge is 2.15. The quantitative estimate of drug-likeness (QED) is 0.830. The van der Waals surface area contributed by atoms with Gasteiger partial charge in [-0.2, -0.15) is 0 Å². The highest BCUT2D eigenvalue weighted by molar-refractivity contribution is 5.94. The summed E-state index contributed by atoms with van der Waals surface area (Å²) in [7, 11) is 0. The molecular weight excluding hydrogens is 298 g/mol. The van der Waals surface area contributed by atoms with Gasteiger partial charge in [0.25, 0.3) is 5.91 Å². The maximum atomic E-state index is 12.1. The molecule has 0 saturated heterocycles. The molecule has 0 bridgehead atoms. The lowest BCUT2D eigenvalue weighted by Gasteiger charge is -2.15. The molecule has 0 aliphatic heterocycles. The van der Waals surface area contributed by atoms with Gasteiger partial charge in [-0.15, -0.1) is 0 Å². The van der Waals surface area contributed by atoms with Crippen LogP contribution in [0.25, 0.3) is 0 Å². The Hall–Kier alpha value is -3.02. The number of nitrogens with one attached hydrogen (secondary N) is 1. The van der Waals surface area contributed by atoms with Crippen LogP contribution in [0.2, 0.25) is 0 Å². The lowest BCUT2D eigenvalue weighted by atomic mass is 10.2. The van der Waals surface area contributed by atoms with Crippen molar-refractivity contribution in [2.45, 2.75) is 13.0 Å². The van der Waals surface area contributed by atoms with Crippen LogP contribution in [-0.4, -0.2) is 24.6 Å². The molecule has 0 spiro atoms. The van der Waals surface area contributed by atoms with E-state index >= 15 is 0 Å². The van der Waals surface area contributed by atoms with E-state index in [4.69, 9.17) is 9.47 Å². The number of hydrogen-bond donors (Lipinski definition) is 1. The summed E-state index contributed by atoms with van der Waals surface area (Å²) in [6, 6.07) is 15.4. The average Bonchev–Trinajstić information content (AvgIpc) is 2.54. The maximum Gasteiger partial charge on any atom is 0.265 e. The number of amides is 1. The highest BCUT2D eigenvalue weighted by atomic mass is 16.5. The number of anilines is 1. The normalized spacial score (nSPS) is 11.3. The zero-order chi connectivity index (χ0) is 16.7. The third kappa shape index (κ3) is 5.35. The van der Waals surface area contributed by atoms with Gasteiger partial charge >= 0.3 is 0 Å². The largest absolute Gasteiger partial charge is 0.546 e. The van der Waals surface area contributed by atoms with Crippen LogP contribution in [0.15, 0.2) is 54.6 Å². The predicted molar refractivity (Wildman–Crippen MR) is 82.1 cm³/mol. The number of rotatable bonds is 7. The van der Waals surface area contributed by atoms with Crippen LogP contribution in [0.1, 0.15) is 6.92 Å². The fourth-order valence-electron chi connectivity index (χ4n) is 1.81. The topological polar surface area (TPSA) is 87.7 Å². The molecule has 1 amide bonds. The fraction of sp³-hybridized carbons (Fsp3) is 0.176. The number of ether oxygens (including phenoxy) is 2. The van der Waals surface area contributed by atoms with Crippen LogP contribution in [0.4, 0.5) is 5.69 Å². The number of carboxylic acid groups (broad SMARTS) is 1.